The lowest BCUT2D eigenvalue weighted by Crippen LogP contribution is -2.24. The molecule has 2 heterocycles. The number of hydrogen-bond donors (Lipinski definition) is 2. The van der Waals surface area contributed by atoms with E-state index < -0.39 is 0 Å². The fourth-order valence-electron chi connectivity index (χ4n) is 2.33. The Morgan fingerprint density at radius 1 is 1.35 bits per heavy atom. The molecule has 2 N–H and O–H groups in total. The van der Waals surface area contributed by atoms with E-state index in [1.807, 2.05) is 12.1 Å². The van der Waals surface area contributed by atoms with Crippen LogP contribution < -0.4 is 5.32 Å². The minimum absolute atomic E-state index is 0.0755. The van der Waals surface area contributed by atoms with Gasteiger partial charge in [0.15, 0.2) is 0 Å². The normalized spacial score (nSPS) is 15.5. The third-order valence-corrected chi connectivity index (χ3v) is 3.88. The maximum Gasteiger partial charge on any atom is 0.224 e. The predicted octanol–water partition coefficient (Wildman–Crippen LogP) is 2.80. The summed E-state index contributed by atoms with van der Waals surface area (Å²) in [5.74, 6) is 0.0755. The third kappa shape index (κ3) is 1.85. The number of aromatic nitrogens is 1. The van der Waals surface area contributed by atoms with E-state index in [-0.39, 0.29) is 5.91 Å². The second-order valence-corrected chi connectivity index (χ2v) is 5.46. The Morgan fingerprint density at radius 2 is 2.18 bits per heavy atom. The zero-order valence-corrected chi connectivity index (χ0v) is 11.3. The molecule has 0 unspecified atom stereocenters. The number of carbonyl (C=O) groups is 1. The first-order chi connectivity index (χ1) is 8.15. The van der Waals surface area contributed by atoms with Crippen molar-refractivity contribution in [1.29, 1.82) is 0 Å². The van der Waals surface area contributed by atoms with Gasteiger partial charge in [-0.3, -0.25) is 4.79 Å². The Hall–Kier alpha value is -1.00. The standard InChI is InChI=1S/C12H10BrClN2O/c13-8-3-6(14)4-10-12(8)7-5-11(17)15-2-1-9(7)16-10/h3-4,16H,1-2,5H2,(H,15,17). The number of rotatable bonds is 0. The number of carbonyl (C=O) groups excluding carboxylic acids is 1. The van der Waals surface area contributed by atoms with Crippen molar-refractivity contribution in [3.05, 3.63) is 32.9 Å². The monoisotopic (exact) mass is 312 g/mol. The summed E-state index contributed by atoms with van der Waals surface area (Å²) < 4.78 is 0.937. The summed E-state index contributed by atoms with van der Waals surface area (Å²) in [5, 5.41) is 4.63. The average Bonchev–Trinajstić information content (AvgIpc) is 2.46. The molecule has 1 aliphatic rings. The lowest BCUT2D eigenvalue weighted by atomic mass is 10.1. The van der Waals surface area contributed by atoms with Crippen molar-refractivity contribution < 1.29 is 4.79 Å². The van der Waals surface area contributed by atoms with Crippen LogP contribution in [-0.4, -0.2) is 17.4 Å². The molecule has 88 valence electrons. The van der Waals surface area contributed by atoms with E-state index in [0.717, 1.165) is 33.1 Å². The predicted molar refractivity (Wildman–Crippen MR) is 71.4 cm³/mol. The Kier molecular flexibility index (Phi) is 2.64. The Labute approximate surface area is 112 Å². The van der Waals surface area contributed by atoms with E-state index in [0.29, 0.717) is 18.0 Å². The van der Waals surface area contributed by atoms with Crippen LogP contribution in [0.3, 0.4) is 0 Å². The number of nitrogens with one attached hydrogen (secondary N) is 2. The van der Waals surface area contributed by atoms with Crippen molar-refractivity contribution in [2.75, 3.05) is 6.54 Å². The van der Waals surface area contributed by atoms with Crippen LogP contribution in [-0.2, 0) is 17.6 Å². The zero-order chi connectivity index (χ0) is 12.0. The summed E-state index contributed by atoms with van der Waals surface area (Å²) in [5.41, 5.74) is 3.20. The van der Waals surface area contributed by atoms with Gasteiger partial charge in [0.25, 0.3) is 0 Å². The van der Waals surface area contributed by atoms with E-state index in [2.05, 4.69) is 26.2 Å². The van der Waals surface area contributed by atoms with Crippen LogP contribution in [0.2, 0.25) is 5.02 Å². The first-order valence-corrected chi connectivity index (χ1v) is 6.57. The van der Waals surface area contributed by atoms with Crippen molar-refractivity contribution in [3.8, 4) is 0 Å². The van der Waals surface area contributed by atoms with Crippen molar-refractivity contribution in [1.82, 2.24) is 10.3 Å². The zero-order valence-electron chi connectivity index (χ0n) is 8.94. The Balaban J connectivity index is 2.30. The Morgan fingerprint density at radius 3 is 3.00 bits per heavy atom. The molecule has 0 saturated carbocycles. The van der Waals surface area contributed by atoms with E-state index in [1.54, 1.807) is 0 Å². The molecule has 1 aromatic heterocycles. The molecule has 1 aromatic carbocycles. The van der Waals surface area contributed by atoms with Gasteiger partial charge in [-0.05, 0) is 17.7 Å². The van der Waals surface area contributed by atoms with Crippen LogP contribution in [0.5, 0.6) is 0 Å². The molecule has 0 atom stereocenters. The van der Waals surface area contributed by atoms with Crippen LogP contribution in [0.15, 0.2) is 16.6 Å². The molecular formula is C12H10BrClN2O. The van der Waals surface area contributed by atoms with E-state index >= 15 is 0 Å². The minimum atomic E-state index is 0.0755. The molecular weight excluding hydrogens is 304 g/mol. The highest BCUT2D eigenvalue weighted by atomic mass is 79.9. The molecule has 3 rings (SSSR count). The van der Waals surface area contributed by atoms with E-state index in [1.165, 1.54) is 0 Å². The molecule has 0 bridgehead atoms. The molecule has 1 aliphatic heterocycles. The van der Waals surface area contributed by atoms with E-state index in [9.17, 15) is 4.79 Å². The molecule has 5 heteroatoms. The summed E-state index contributed by atoms with van der Waals surface area (Å²) in [6, 6.07) is 3.76. The van der Waals surface area contributed by atoms with Crippen molar-refractivity contribution in [3.63, 3.8) is 0 Å². The van der Waals surface area contributed by atoms with Crippen LogP contribution in [0.25, 0.3) is 10.9 Å². The number of aromatic amines is 1. The lowest BCUT2D eigenvalue weighted by molar-refractivity contribution is -0.120. The topological polar surface area (TPSA) is 44.9 Å². The van der Waals surface area contributed by atoms with Gasteiger partial charge in [0.1, 0.15) is 0 Å². The number of hydrogen-bond acceptors (Lipinski definition) is 1. The first kappa shape index (κ1) is 11.1. The second kappa shape index (κ2) is 4.03. The highest BCUT2D eigenvalue weighted by Crippen LogP contribution is 2.33. The largest absolute Gasteiger partial charge is 0.358 e. The van der Waals surface area contributed by atoms with Gasteiger partial charge in [0.05, 0.1) is 6.42 Å². The van der Waals surface area contributed by atoms with Crippen LogP contribution in [0, 0.1) is 0 Å². The van der Waals surface area contributed by atoms with Crippen LogP contribution in [0.4, 0.5) is 0 Å². The molecule has 0 spiro atoms. The highest BCUT2D eigenvalue weighted by molar-refractivity contribution is 9.10. The molecule has 1 amide bonds. The molecule has 0 fully saturated rings. The smallest absolute Gasteiger partial charge is 0.224 e. The quantitative estimate of drug-likeness (QED) is 0.772. The molecule has 0 aliphatic carbocycles. The molecule has 17 heavy (non-hydrogen) atoms. The summed E-state index contributed by atoms with van der Waals surface area (Å²) in [6.07, 6.45) is 1.26. The number of fused-ring (bicyclic) bond motifs is 3. The number of H-pyrrole nitrogens is 1. The average molecular weight is 314 g/mol. The number of benzene rings is 1. The van der Waals surface area contributed by atoms with Gasteiger partial charge in [0.2, 0.25) is 5.91 Å². The molecule has 0 radical (unpaired) electrons. The Bertz CT molecular complexity index is 620. The van der Waals surface area contributed by atoms with Gasteiger partial charge >= 0.3 is 0 Å². The fourth-order valence-corrected chi connectivity index (χ4v) is 3.38. The van der Waals surface area contributed by atoms with Gasteiger partial charge in [-0.25, -0.2) is 0 Å². The number of amides is 1. The summed E-state index contributed by atoms with van der Waals surface area (Å²) >= 11 is 9.53. The summed E-state index contributed by atoms with van der Waals surface area (Å²) in [6.45, 7) is 0.685. The second-order valence-electron chi connectivity index (χ2n) is 4.17. The highest BCUT2D eigenvalue weighted by Gasteiger charge is 2.19. The fraction of sp³-hybridized carbons (Fsp3) is 0.250. The van der Waals surface area contributed by atoms with Gasteiger partial charge < -0.3 is 10.3 Å². The van der Waals surface area contributed by atoms with Crippen LogP contribution >= 0.6 is 27.5 Å². The van der Waals surface area contributed by atoms with Crippen molar-refractivity contribution in [2.24, 2.45) is 0 Å². The third-order valence-electron chi connectivity index (χ3n) is 3.04. The van der Waals surface area contributed by atoms with Crippen LogP contribution in [0.1, 0.15) is 11.3 Å². The lowest BCUT2D eigenvalue weighted by Gasteiger charge is -2.01. The molecule has 0 saturated heterocycles. The maximum absolute atomic E-state index is 11.6. The minimum Gasteiger partial charge on any atom is -0.358 e. The van der Waals surface area contributed by atoms with Gasteiger partial charge in [-0.1, -0.05) is 27.5 Å². The van der Waals surface area contributed by atoms with Gasteiger partial charge in [-0.2, -0.15) is 0 Å². The van der Waals surface area contributed by atoms with E-state index in [4.69, 9.17) is 11.6 Å². The molecule has 2 aromatic rings. The van der Waals surface area contributed by atoms with Gasteiger partial charge in [-0.15, -0.1) is 0 Å². The SMILES string of the molecule is O=C1Cc2c([nH]c3cc(Cl)cc(Br)c23)CCN1. The maximum atomic E-state index is 11.6. The van der Waals surface area contributed by atoms with Crippen molar-refractivity contribution >= 4 is 44.3 Å². The van der Waals surface area contributed by atoms with Gasteiger partial charge in [0, 0.05) is 39.1 Å². The summed E-state index contributed by atoms with van der Waals surface area (Å²) in [4.78, 5) is 15.0. The summed E-state index contributed by atoms with van der Waals surface area (Å²) in [7, 11) is 0. The first-order valence-electron chi connectivity index (χ1n) is 5.40. The molecule has 3 nitrogen and oxygen atoms in total. The van der Waals surface area contributed by atoms with Crippen molar-refractivity contribution in [2.45, 2.75) is 12.8 Å². The number of halogens is 2.